The van der Waals surface area contributed by atoms with Crippen LogP contribution in [0.1, 0.15) is 20.7 Å². The number of nitrogens with one attached hydrogen (secondary N) is 1. The number of hydrogen-bond acceptors (Lipinski definition) is 5. The van der Waals surface area contributed by atoms with Crippen LogP contribution >= 0.6 is 31.9 Å². The zero-order chi connectivity index (χ0) is 22.6. The number of hydrogen-bond donors (Lipinski definition) is 2. The highest BCUT2D eigenvalue weighted by atomic mass is 79.9. The van der Waals surface area contributed by atoms with E-state index in [4.69, 9.17) is 9.94 Å². The molecule has 7 nitrogen and oxygen atoms in total. The minimum atomic E-state index is -1.13. The minimum absolute atomic E-state index is 0.0584. The molecule has 0 aliphatic rings. The molecule has 2 N–H and O–H groups in total. The highest BCUT2D eigenvalue weighted by Crippen LogP contribution is 2.16. The lowest BCUT2D eigenvalue weighted by molar-refractivity contribution is -0.0757. The van der Waals surface area contributed by atoms with Gasteiger partial charge in [0.25, 0.3) is 5.91 Å². The summed E-state index contributed by atoms with van der Waals surface area (Å²) in [7, 11) is 6.10. The van der Waals surface area contributed by atoms with E-state index in [0.717, 1.165) is 17.2 Å². The Bertz CT molecular complexity index is 782. The van der Waals surface area contributed by atoms with Crippen molar-refractivity contribution in [3.05, 3.63) is 68.1 Å². The van der Waals surface area contributed by atoms with Crippen molar-refractivity contribution < 1.29 is 33.2 Å². The summed E-state index contributed by atoms with van der Waals surface area (Å²) in [6.45, 7) is 0. The van der Waals surface area contributed by atoms with Crippen molar-refractivity contribution >= 4 is 43.7 Å². The first-order valence-electron chi connectivity index (χ1n) is 7.73. The van der Waals surface area contributed by atoms with Crippen LogP contribution in [0.15, 0.2) is 45.3 Å². The van der Waals surface area contributed by atoms with Gasteiger partial charge in [0.2, 0.25) is 0 Å². The summed E-state index contributed by atoms with van der Waals surface area (Å²) in [5.41, 5.74) is 2.61. The summed E-state index contributed by atoms with van der Waals surface area (Å²) < 4.78 is 26.4. The first kappa shape index (κ1) is 27.1. The maximum Gasteiger partial charge on any atom is 0.335 e. The highest BCUT2D eigenvalue weighted by molar-refractivity contribution is 9.10. The van der Waals surface area contributed by atoms with Crippen LogP contribution in [0.3, 0.4) is 0 Å². The summed E-state index contributed by atoms with van der Waals surface area (Å²) in [6, 6.07) is 7.47. The summed E-state index contributed by atoms with van der Waals surface area (Å²) in [5, 5.41) is 9.48. The molecule has 0 fully saturated rings. The van der Waals surface area contributed by atoms with E-state index in [9.17, 15) is 18.4 Å². The van der Waals surface area contributed by atoms with Gasteiger partial charge in [-0.15, -0.1) is 0 Å². The fourth-order valence-electron chi connectivity index (χ4n) is 1.62. The minimum Gasteiger partial charge on any atom is -0.478 e. The second-order valence-electron chi connectivity index (χ2n) is 5.01. The third-order valence-corrected chi connectivity index (χ3v) is 3.90. The molecule has 2 aromatic carbocycles. The second-order valence-corrected chi connectivity index (χ2v) is 6.85. The van der Waals surface area contributed by atoms with E-state index >= 15 is 0 Å². The van der Waals surface area contributed by atoms with Crippen molar-refractivity contribution in [2.45, 2.75) is 0 Å². The van der Waals surface area contributed by atoms with E-state index < -0.39 is 23.5 Å². The normalized spacial score (nSPS) is 9.52. The van der Waals surface area contributed by atoms with Crippen LogP contribution in [-0.4, -0.2) is 50.4 Å². The van der Waals surface area contributed by atoms with Gasteiger partial charge < -0.3 is 9.94 Å². The van der Waals surface area contributed by atoms with Gasteiger partial charge in [0.15, 0.2) is 0 Å². The van der Waals surface area contributed by atoms with E-state index in [1.54, 1.807) is 14.2 Å². The van der Waals surface area contributed by atoms with Crippen molar-refractivity contribution in [3.8, 4) is 0 Å². The fraction of sp³-hybridized carbons (Fsp3) is 0.222. The highest BCUT2D eigenvalue weighted by Gasteiger charge is 2.12. The number of aromatic carboxylic acids is 1. The molecular formula is C18H20Br2F2N2O5. The molecule has 2 rings (SSSR count). The number of benzene rings is 2. The molecular weight excluding hydrogens is 522 g/mol. The second kappa shape index (κ2) is 14.1. The summed E-state index contributed by atoms with van der Waals surface area (Å²) in [5.74, 6) is -2.55. The van der Waals surface area contributed by atoms with Crippen molar-refractivity contribution in [2.75, 3.05) is 28.3 Å². The predicted octanol–water partition coefficient (Wildman–Crippen LogP) is 4.28. The molecule has 11 heteroatoms. The van der Waals surface area contributed by atoms with Crippen LogP contribution in [0.25, 0.3) is 0 Å². The topological polar surface area (TPSA) is 88.1 Å². The molecule has 0 bridgehead atoms. The van der Waals surface area contributed by atoms with Gasteiger partial charge in [0, 0.05) is 28.6 Å². The fourth-order valence-corrected chi connectivity index (χ4v) is 2.55. The third kappa shape index (κ3) is 11.0. The molecule has 0 aliphatic heterocycles. The molecule has 0 heterocycles. The maximum absolute atomic E-state index is 12.9. The number of carboxylic acid groups (broad SMARTS) is 1. The Hall–Kier alpha value is -1.92. The number of amides is 1. The third-order valence-electron chi connectivity index (χ3n) is 2.98. The van der Waals surface area contributed by atoms with E-state index in [1.165, 1.54) is 38.4 Å². The smallest absolute Gasteiger partial charge is 0.335 e. The number of halogens is 4. The van der Waals surface area contributed by atoms with Crippen molar-refractivity contribution in [1.29, 1.82) is 0 Å². The summed E-state index contributed by atoms with van der Waals surface area (Å²) >= 11 is 6.08. The molecule has 0 aromatic heterocycles. The molecule has 1 amide bonds. The Morgan fingerprint density at radius 3 is 1.72 bits per heavy atom. The standard InChI is InChI=1S/C9H9BrFNO2.C7H4BrFO2.C2H7NO/c1-12(14-2)9(13)6-3-7(10)5-8(11)4-6;8-5-1-4(7(10)11)2-6(9)3-5;1-3-4-2/h3-5H,1-2H3;1-3H,(H,10,11);3H,1-2H3. The predicted molar refractivity (Wildman–Crippen MR) is 110 cm³/mol. The van der Waals surface area contributed by atoms with Gasteiger partial charge in [-0.1, -0.05) is 31.9 Å². The SMILES string of the molecule is CNOC.CON(C)C(=O)c1cc(F)cc(Br)c1.O=C(O)c1cc(F)cc(Br)c1. The number of carboxylic acids is 1. The first-order chi connectivity index (χ1) is 13.5. The quantitative estimate of drug-likeness (QED) is 0.562. The number of carbonyl (C=O) groups is 2. The molecule has 0 spiro atoms. The van der Waals surface area contributed by atoms with Crippen molar-refractivity contribution in [3.63, 3.8) is 0 Å². The lowest BCUT2D eigenvalue weighted by Crippen LogP contribution is -2.25. The molecule has 0 unspecified atom stereocenters. The van der Waals surface area contributed by atoms with E-state index in [0.29, 0.717) is 8.95 Å². The van der Waals surface area contributed by atoms with Crippen LogP contribution in [0.2, 0.25) is 0 Å². The summed E-state index contributed by atoms with van der Waals surface area (Å²) in [4.78, 5) is 30.8. The molecule has 2 aromatic rings. The van der Waals surface area contributed by atoms with Crippen molar-refractivity contribution in [2.24, 2.45) is 0 Å². The van der Waals surface area contributed by atoms with Crippen LogP contribution in [0.4, 0.5) is 8.78 Å². The number of rotatable bonds is 4. The first-order valence-corrected chi connectivity index (χ1v) is 9.31. The van der Waals surface area contributed by atoms with Gasteiger partial charge in [0.05, 0.1) is 19.8 Å². The monoisotopic (exact) mass is 540 g/mol. The van der Waals surface area contributed by atoms with Crippen LogP contribution < -0.4 is 5.48 Å². The van der Waals surface area contributed by atoms with Crippen molar-refractivity contribution in [1.82, 2.24) is 10.5 Å². The Labute approximate surface area is 183 Å². The zero-order valence-electron chi connectivity index (χ0n) is 16.0. The van der Waals surface area contributed by atoms with Gasteiger partial charge in [-0.3, -0.25) is 9.63 Å². The molecule has 0 aliphatic carbocycles. The Balaban J connectivity index is 0.000000466. The number of carbonyl (C=O) groups excluding carboxylic acids is 1. The molecule has 0 atom stereocenters. The van der Waals surface area contributed by atoms with E-state index in [-0.39, 0.29) is 11.1 Å². The summed E-state index contributed by atoms with van der Waals surface area (Å²) in [6.07, 6.45) is 0. The van der Waals surface area contributed by atoms with E-state index in [2.05, 4.69) is 42.2 Å². The van der Waals surface area contributed by atoms with E-state index in [1.807, 2.05) is 0 Å². The van der Waals surface area contributed by atoms with Crippen LogP contribution in [-0.2, 0) is 9.68 Å². The average Bonchev–Trinajstić information content (AvgIpc) is 2.65. The molecule has 29 heavy (non-hydrogen) atoms. The maximum atomic E-state index is 12.9. The van der Waals surface area contributed by atoms with Crippen LogP contribution in [0.5, 0.6) is 0 Å². The average molecular weight is 542 g/mol. The lowest BCUT2D eigenvalue weighted by atomic mass is 10.2. The molecule has 160 valence electrons. The number of nitrogens with zero attached hydrogens (tertiary/aromatic N) is 1. The van der Waals surface area contributed by atoms with Gasteiger partial charge in [-0.2, -0.15) is 0 Å². The van der Waals surface area contributed by atoms with Crippen LogP contribution in [0, 0.1) is 11.6 Å². The Morgan fingerprint density at radius 2 is 1.38 bits per heavy atom. The number of hydroxylamine groups is 3. The molecule has 0 radical (unpaired) electrons. The Kier molecular flexibility index (Phi) is 13.2. The molecule has 0 saturated carbocycles. The molecule has 0 saturated heterocycles. The van der Waals surface area contributed by atoms with Gasteiger partial charge >= 0.3 is 5.97 Å². The van der Waals surface area contributed by atoms with Gasteiger partial charge in [0.1, 0.15) is 11.6 Å². The zero-order valence-corrected chi connectivity index (χ0v) is 19.2. The van der Waals surface area contributed by atoms with Gasteiger partial charge in [-0.05, 0) is 36.4 Å². The Morgan fingerprint density at radius 1 is 0.966 bits per heavy atom. The largest absolute Gasteiger partial charge is 0.478 e. The lowest BCUT2D eigenvalue weighted by Gasteiger charge is -2.13. The van der Waals surface area contributed by atoms with Gasteiger partial charge in [-0.25, -0.2) is 24.1 Å².